The summed E-state index contributed by atoms with van der Waals surface area (Å²) in [5.41, 5.74) is 0.578. The fourth-order valence-corrected chi connectivity index (χ4v) is 3.08. The third-order valence-corrected chi connectivity index (χ3v) is 3.99. The van der Waals surface area contributed by atoms with Crippen molar-refractivity contribution in [2.45, 2.75) is 58.4 Å². The molecule has 76 valence electrons. The van der Waals surface area contributed by atoms with E-state index in [9.17, 15) is 0 Å². The summed E-state index contributed by atoms with van der Waals surface area (Å²) in [5, 5.41) is 3.63. The molecule has 1 heterocycles. The first-order chi connectivity index (χ1) is 6.20. The summed E-state index contributed by atoms with van der Waals surface area (Å²) in [5.74, 6) is 0.978. The van der Waals surface area contributed by atoms with Gasteiger partial charge in [-0.25, -0.2) is 0 Å². The SMILES string of the molecule is CC1(C)CNC1C1CCCCCC1. The van der Waals surface area contributed by atoms with Crippen LogP contribution >= 0.6 is 0 Å². The maximum absolute atomic E-state index is 3.63. The first-order valence-electron chi connectivity index (χ1n) is 5.93. The van der Waals surface area contributed by atoms with E-state index in [1.807, 2.05) is 0 Å². The second-order valence-electron chi connectivity index (χ2n) is 5.60. The molecule has 1 unspecified atom stereocenters. The second kappa shape index (κ2) is 3.61. The molecule has 0 aromatic heterocycles. The second-order valence-corrected chi connectivity index (χ2v) is 5.60. The summed E-state index contributed by atoms with van der Waals surface area (Å²) < 4.78 is 0. The van der Waals surface area contributed by atoms with Gasteiger partial charge < -0.3 is 5.32 Å². The van der Waals surface area contributed by atoms with Crippen LogP contribution in [0.3, 0.4) is 0 Å². The van der Waals surface area contributed by atoms with Crippen LogP contribution in [-0.2, 0) is 0 Å². The summed E-state index contributed by atoms with van der Waals surface area (Å²) in [6, 6.07) is 0.825. The molecule has 1 saturated heterocycles. The first-order valence-corrected chi connectivity index (χ1v) is 5.93. The van der Waals surface area contributed by atoms with Crippen molar-refractivity contribution in [1.82, 2.24) is 5.32 Å². The number of hydrogen-bond donors (Lipinski definition) is 1. The average Bonchev–Trinajstić information content (AvgIpc) is 2.31. The first kappa shape index (κ1) is 9.51. The van der Waals surface area contributed by atoms with Crippen LogP contribution in [0.25, 0.3) is 0 Å². The van der Waals surface area contributed by atoms with Gasteiger partial charge in [0.25, 0.3) is 0 Å². The molecule has 0 bridgehead atoms. The third kappa shape index (κ3) is 1.90. The molecule has 1 saturated carbocycles. The lowest BCUT2D eigenvalue weighted by molar-refractivity contribution is 0.0677. The van der Waals surface area contributed by atoms with Crippen molar-refractivity contribution in [3.63, 3.8) is 0 Å². The molecule has 2 fully saturated rings. The molecule has 1 atom stereocenters. The van der Waals surface area contributed by atoms with Gasteiger partial charge in [-0.3, -0.25) is 0 Å². The summed E-state index contributed by atoms with van der Waals surface area (Å²) >= 11 is 0. The van der Waals surface area contributed by atoms with E-state index in [2.05, 4.69) is 19.2 Å². The van der Waals surface area contributed by atoms with E-state index in [-0.39, 0.29) is 0 Å². The van der Waals surface area contributed by atoms with Gasteiger partial charge in [-0.05, 0) is 24.2 Å². The minimum Gasteiger partial charge on any atom is -0.313 e. The van der Waals surface area contributed by atoms with Gasteiger partial charge in [0, 0.05) is 12.6 Å². The van der Waals surface area contributed by atoms with Gasteiger partial charge in [-0.1, -0.05) is 39.5 Å². The van der Waals surface area contributed by atoms with Crippen LogP contribution in [0.5, 0.6) is 0 Å². The van der Waals surface area contributed by atoms with Gasteiger partial charge >= 0.3 is 0 Å². The molecule has 0 aromatic rings. The van der Waals surface area contributed by atoms with Crippen LogP contribution in [-0.4, -0.2) is 12.6 Å². The third-order valence-electron chi connectivity index (χ3n) is 3.99. The van der Waals surface area contributed by atoms with E-state index in [4.69, 9.17) is 0 Å². The van der Waals surface area contributed by atoms with Gasteiger partial charge in [-0.15, -0.1) is 0 Å². The Morgan fingerprint density at radius 1 is 1.00 bits per heavy atom. The zero-order valence-electron chi connectivity index (χ0n) is 9.10. The Hall–Kier alpha value is -0.0400. The molecular weight excluding hydrogens is 158 g/mol. The van der Waals surface area contributed by atoms with Crippen LogP contribution < -0.4 is 5.32 Å². The highest BCUT2D eigenvalue weighted by molar-refractivity contribution is 4.99. The van der Waals surface area contributed by atoms with Crippen LogP contribution in [0.1, 0.15) is 52.4 Å². The standard InChI is InChI=1S/C12H23N/c1-12(2)9-13-11(12)10-7-5-3-4-6-8-10/h10-11,13H,3-9H2,1-2H3. The van der Waals surface area contributed by atoms with E-state index in [1.165, 1.54) is 45.1 Å². The molecule has 13 heavy (non-hydrogen) atoms. The van der Waals surface area contributed by atoms with Crippen LogP contribution in [0.4, 0.5) is 0 Å². The zero-order chi connectivity index (χ0) is 9.31. The Morgan fingerprint density at radius 3 is 2.00 bits per heavy atom. The van der Waals surface area contributed by atoms with E-state index in [1.54, 1.807) is 0 Å². The number of hydrogen-bond acceptors (Lipinski definition) is 1. The fraction of sp³-hybridized carbons (Fsp3) is 1.00. The van der Waals surface area contributed by atoms with Crippen molar-refractivity contribution in [3.05, 3.63) is 0 Å². The maximum Gasteiger partial charge on any atom is 0.0159 e. The van der Waals surface area contributed by atoms with Crippen molar-refractivity contribution < 1.29 is 0 Å². The Kier molecular flexibility index (Phi) is 2.64. The molecule has 1 aliphatic carbocycles. The Morgan fingerprint density at radius 2 is 1.62 bits per heavy atom. The largest absolute Gasteiger partial charge is 0.313 e. The van der Waals surface area contributed by atoms with E-state index >= 15 is 0 Å². The van der Waals surface area contributed by atoms with Gasteiger partial charge in [-0.2, -0.15) is 0 Å². The topological polar surface area (TPSA) is 12.0 Å². The Bertz CT molecular complexity index is 166. The van der Waals surface area contributed by atoms with Crippen molar-refractivity contribution in [2.75, 3.05) is 6.54 Å². The van der Waals surface area contributed by atoms with Crippen LogP contribution in [0, 0.1) is 11.3 Å². The van der Waals surface area contributed by atoms with E-state index in [0.29, 0.717) is 5.41 Å². The highest BCUT2D eigenvalue weighted by Crippen LogP contribution is 2.38. The molecule has 0 radical (unpaired) electrons. The fourth-order valence-electron chi connectivity index (χ4n) is 3.08. The summed E-state index contributed by atoms with van der Waals surface area (Å²) in [6.45, 7) is 6.06. The number of rotatable bonds is 1. The van der Waals surface area contributed by atoms with Crippen molar-refractivity contribution in [1.29, 1.82) is 0 Å². The lowest BCUT2D eigenvalue weighted by Gasteiger charge is -2.50. The maximum atomic E-state index is 3.63. The van der Waals surface area contributed by atoms with Crippen molar-refractivity contribution in [3.8, 4) is 0 Å². The molecule has 1 N–H and O–H groups in total. The van der Waals surface area contributed by atoms with Crippen molar-refractivity contribution >= 4 is 0 Å². The molecule has 2 aliphatic rings. The molecule has 1 aliphatic heterocycles. The molecule has 1 heteroatoms. The normalized spacial score (nSPS) is 35.1. The summed E-state index contributed by atoms with van der Waals surface area (Å²) in [7, 11) is 0. The molecule has 0 aromatic carbocycles. The molecule has 0 spiro atoms. The molecule has 1 nitrogen and oxygen atoms in total. The summed E-state index contributed by atoms with van der Waals surface area (Å²) in [6.07, 6.45) is 8.84. The highest BCUT2D eigenvalue weighted by Gasteiger charge is 2.42. The summed E-state index contributed by atoms with van der Waals surface area (Å²) in [4.78, 5) is 0. The van der Waals surface area contributed by atoms with E-state index in [0.717, 1.165) is 12.0 Å². The lowest BCUT2D eigenvalue weighted by Crippen LogP contribution is -2.62. The minimum absolute atomic E-state index is 0.578. The lowest BCUT2D eigenvalue weighted by atomic mass is 9.69. The van der Waals surface area contributed by atoms with E-state index < -0.39 is 0 Å². The van der Waals surface area contributed by atoms with Gasteiger partial charge in [0.1, 0.15) is 0 Å². The zero-order valence-corrected chi connectivity index (χ0v) is 9.10. The van der Waals surface area contributed by atoms with Gasteiger partial charge in [0.2, 0.25) is 0 Å². The molecule has 2 rings (SSSR count). The highest BCUT2D eigenvalue weighted by atomic mass is 15.0. The van der Waals surface area contributed by atoms with Gasteiger partial charge in [0.15, 0.2) is 0 Å². The Labute approximate surface area is 82.3 Å². The quantitative estimate of drug-likeness (QED) is 0.613. The van der Waals surface area contributed by atoms with Crippen LogP contribution in [0.15, 0.2) is 0 Å². The smallest absolute Gasteiger partial charge is 0.0159 e. The molecule has 0 amide bonds. The Balaban J connectivity index is 1.91. The predicted octanol–water partition coefficient (Wildman–Crippen LogP) is 2.95. The van der Waals surface area contributed by atoms with Crippen LogP contribution in [0.2, 0.25) is 0 Å². The molecular formula is C12H23N. The average molecular weight is 181 g/mol. The van der Waals surface area contributed by atoms with Crippen molar-refractivity contribution in [2.24, 2.45) is 11.3 Å². The predicted molar refractivity (Wildman–Crippen MR) is 56.8 cm³/mol. The van der Waals surface area contributed by atoms with Gasteiger partial charge in [0.05, 0.1) is 0 Å². The number of nitrogens with one attached hydrogen (secondary N) is 1. The minimum atomic E-state index is 0.578. The monoisotopic (exact) mass is 181 g/mol.